The van der Waals surface area contributed by atoms with E-state index in [1.165, 1.54) is 0 Å². The van der Waals surface area contributed by atoms with E-state index in [-0.39, 0.29) is 17.8 Å². The Labute approximate surface area is 164 Å². The summed E-state index contributed by atoms with van der Waals surface area (Å²) in [7, 11) is 0. The molecule has 2 aliphatic rings. The second-order valence-electron chi connectivity index (χ2n) is 6.45. The Morgan fingerprint density at radius 3 is 2.59 bits per heavy atom. The van der Waals surface area contributed by atoms with Gasteiger partial charge in [0.25, 0.3) is 0 Å². The molecule has 1 aromatic carbocycles. The lowest BCUT2D eigenvalue weighted by molar-refractivity contribution is -0.157. The minimum absolute atomic E-state index is 0.0520. The molecule has 27 heavy (non-hydrogen) atoms. The molecule has 5 heteroatoms. The minimum atomic E-state index is -0.756. The first-order valence-corrected chi connectivity index (χ1v) is 10.2. The van der Waals surface area contributed by atoms with Crippen molar-refractivity contribution in [2.24, 2.45) is 5.92 Å². The van der Waals surface area contributed by atoms with Crippen LogP contribution in [0.4, 0.5) is 0 Å². The van der Waals surface area contributed by atoms with Gasteiger partial charge in [0.2, 0.25) is 5.91 Å². The normalized spacial score (nSPS) is 22.8. The van der Waals surface area contributed by atoms with Crippen molar-refractivity contribution in [3.63, 3.8) is 0 Å². The van der Waals surface area contributed by atoms with E-state index in [0.717, 1.165) is 11.3 Å². The van der Waals surface area contributed by atoms with E-state index < -0.39 is 5.54 Å². The van der Waals surface area contributed by atoms with Crippen molar-refractivity contribution >= 4 is 11.9 Å². The summed E-state index contributed by atoms with van der Waals surface area (Å²) < 4.78 is 11.1. The van der Waals surface area contributed by atoms with Crippen molar-refractivity contribution < 1.29 is 19.1 Å². The standard InChI is InChI=1S/C18H23NO4.2C2H6/c1-3-22-17(21)18-8-7-16(20)19(18)11-14(10-18)12-23-15-6-4-5-13(2)9-15;2*1-2/h4-6,9,14H,3,7-8,10-12H2,1-2H3;2*1-2H3. The molecule has 2 heterocycles. The number of nitrogens with zero attached hydrogens (tertiary/aromatic N) is 1. The highest BCUT2D eigenvalue weighted by Crippen LogP contribution is 2.43. The Balaban J connectivity index is 0.000000855. The van der Waals surface area contributed by atoms with Crippen molar-refractivity contribution in [2.45, 2.75) is 66.3 Å². The zero-order chi connectivity index (χ0) is 20.4. The quantitative estimate of drug-likeness (QED) is 0.715. The third-order valence-corrected chi connectivity index (χ3v) is 4.77. The lowest BCUT2D eigenvalue weighted by atomic mass is 9.90. The number of carbonyl (C=O) groups excluding carboxylic acids is 2. The average molecular weight is 378 g/mol. The molecule has 1 amide bonds. The molecule has 0 radical (unpaired) electrons. The lowest BCUT2D eigenvalue weighted by Crippen LogP contribution is -2.48. The summed E-state index contributed by atoms with van der Waals surface area (Å²) in [4.78, 5) is 26.2. The monoisotopic (exact) mass is 377 g/mol. The highest BCUT2D eigenvalue weighted by molar-refractivity contribution is 5.92. The Kier molecular flexibility index (Phi) is 9.33. The third-order valence-electron chi connectivity index (χ3n) is 4.77. The number of aryl methyl sites for hydroxylation is 1. The predicted molar refractivity (Wildman–Crippen MR) is 108 cm³/mol. The van der Waals surface area contributed by atoms with Crippen LogP contribution in [0.25, 0.3) is 0 Å². The maximum atomic E-state index is 12.4. The molecule has 0 aliphatic carbocycles. The average Bonchev–Trinajstić information content (AvgIpc) is 3.22. The van der Waals surface area contributed by atoms with Crippen LogP contribution in [0.1, 0.15) is 59.4 Å². The molecule has 2 aliphatic heterocycles. The Morgan fingerprint density at radius 2 is 1.96 bits per heavy atom. The summed E-state index contributed by atoms with van der Waals surface area (Å²) in [6.07, 6.45) is 1.62. The van der Waals surface area contributed by atoms with Gasteiger partial charge in [-0.05, 0) is 44.4 Å². The van der Waals surface area contributed by atoms with Gasteiger partial charge in [-0.3, -0.25) is 4.79 Å². The van der Waals surface area contributed by atoms with E-state index in [1.807, 2.05) is 58.9 Å². The van der Waals surface area contributed by atoms with E-state index in [0.29, 0.717) is 39.0 Å². The fourth-order valence-electron chi connectivity index (χ4n) is 3.70. The van der Waals surface area contributed by atoms with Gasteiger partial charge in [0, 0.05) is 18.9 Å². The molecular formula is C22H35NO4. The second-order valence-corrected chi connectivity index (χ2v) is 6.45. The fourth-order valence-corrected chi connectivity index (χ4v) is 3.70. The first-order valence-electron chi connectivity index (χ1n) is 10.2. The first-order chi connectivity index (χ1) is 13.0. The molecule has 1 aromatic rings. The molecule has 0 spiro atoms. The van der Waals surface area contributed by atoms with Gasteiger partial charge in [-0.2, -0.15) is 0 Å². The Bertz CT molecular complexity index is 616. The molecule has 0 saturated carbocycles. The molecule has 2 fully saturated rings. The van der Waals surface area contributed by atoms with Crippen molar-refractivity contribution in [3.8, 4) is 5.75 Å². The van der Waals surface area contributed by atoms with Gasteiger partial charge in [-0.1, -0.05) is 39.8 Å². The first kappa shape index (κ1) is 23.0. The number of carbonyl (C=O) groups is 2. The van der Waals surface area contributed by atoms with Crippen LogP contribution in [0, 0.1) is 12.8 Å². The SMILES string of the molecule is CC.CC.CCOC(=O)C12CCC(=O)N1CC(COc1cccc(C)c1)C2. The van der Waals surface area contributed by atoms with Crippen LogP contribution in [-0.2, 0) is 14.3 Å². The third kappa shape index (κ3) is 5.24. The topological polar surface area (TPSA) is 55.8 Å². The maximum absolute atomic E-state index is 12.4. The van der Waals surface area contributed by atoms with Crippen LogP contribution >= 0.6 is 0 Å². The largest absolute Gasteiger partial charge is 0.493 e. The second kappa shape index (κ2) is 11.0. The van der Waals surface area contributed by atoms with Crippen molar-refractivity contribution in [2.75, 3.05) is 19.8 Å². The van der Waals surface area contributed by atoms with Crippen LogP contribution in [0.15, 0.2) is 24.3 Å². The number of ether oxygens (including phenoxy) is 2. The Morgan fingerprint density at radius 1 is 1.26 bits per heavy atom. The van der Waals surface area contributed by atoms with E-state index in [1.54, 1.807) is 11.8 Å². The van der Waals surface area contributed by atoms with Gasteiger partial charge < -0.3 is 14.4 Å². The zero-order valence-corrected chi connectivity index (χ0v) is 17.7. The highest BCUT2D eigenvalue weighted by atomic mass is 16.5. The summed E-state index contributed by atoms with van der Waals surface area (Å²) in [5.41, 5.74) is 0.390. The lowest BCUT2D eigenvalue weighted by Gasteiger charge is -2.28. The van der Waals surface area contributed by atoms with Gasteiger partial charge in [-0.25, -0.2) is 4.79 Å². The molecule has 0 bridgehead atoms. The van der Waals surface area contributed by atoms with Crippen LogP contribution in [-0.4, -0.2) is 42.1 Å². The Hall–Kier alpha value is -2.04. The van der Waals surface area contributed by atoms with Crippen LogP contribution < -0.4 is 4.74 Å². The van der Waals surface area contributed by atoms with Crippen LogP contribution in [0.5, 0.6) is 5.75 Å². The van der Waals surface area contributed by atoms with Crippen LogP contribution in [0.3, 0.4) is 0 Å². The van der Waals surface area contributed by atoms with Gasteiger partial charge in [0.1, 0.15) is 11.3 Å². The molecule has 5 nitrogen and oxygen atoms in total. The summed E-state index contributed by atoms with van der Waals surface area (Å²) in [5, 5.41) is 0. The number of rotatable bonds is 5. The van der Waals surface area contributed by atoms with E-state index in [4.69, 9.17) is 9.47 Å². The molecule has 152 valence electrons. The number of fused-ring (bicyclic) bond motifs is 1. The van der Waals surface area contributed by atoms with E-state index in [9.17, 15) is 9.59 Å². The highest BCUT2D eigenvalue weighted by Gasteiger charge is 2.57. The molecule has 0 aromatic heterocycles. The summed E-state index contributed by atoms with van der Waals surface area (Å²) >= 11 is 0. The smallest absolute Gasteiger partial charge is 0.332 e. The fraction of sp³-hybridized carbons (Fsp3) is 0.636. The zero-order valence-electron chi connectivity index (χ0n) is 17.7. The predicted octanol–water partition coefficient (Wildman–Crippen LogP) is 4.37. The molecule has 0 N–H and O–H groups in total. The van der Waals surface area contributed by atoms with Crippen molar-refractivity contribution in [1.29, 1.82) is 0 Å². The van der Waals surface area contributed by atoms with E-state index in [2.05, 4.69) is 0 Å². The number of esters is 1. The summed E-state index contributed by atoms with van der Waals surface area (Å²) in [6.45, 7) is 13.2. The molecular weight excluding hydrogens is 342 g/mol. The maximum Gasteiger partial charge on any atom is 0.332 e. The number of hydrogen-bond donors (Lipinski definition) is 0. The van der Waals surface area contributed by atoms with Crippen molar-refractivity contribution in [3.05, 3.63) is 29.8 Å². The molecule has 2 unspecified atom stereocenters. The molecule has 3 rings (SSSR count). The summed E-state index contributed by atoms with van der Waals surface area (Å²) in [5.74, 6) is 0.776. The number of hydrogen-bond acceptors (Lipinski definition) is 4. The van der Waals surface area contributed by atoms with Gasteiger partial charge in [0.05, 0.1) is 13.2 Å². The summed E-state index contributed by atoms with van der Waals surface area (Å²) in [6, 6.07) is 7.89. The van der Waals surface area contributed by atoms with Crippen molar-refractivity contribution in [1.82, 2.24) is 4.90 Å². The van der Waals surface area contributed by atoms with Gasteiger partial charge in [-0.15, -0.1) is 0 Å². The molecule has 2 saturated heterocycles. The molecule has 2 atom stereocenters. The van der Waals surface area contributed by atoms with E-state index >= 15 is 0 Å². The number of benzene rings is 1. The number of amides is 1. The van der Waals surface area contributed by atoms with Gasteiger partial charge in [0.15, 0.2) is 0 Å². The van der Waals surface area contributed by atoms with Crippen LogP contribution in [0.2, 0.25) is 0 Å². The van der Waals surface area contributed by atoms with Gasteiger partial charge >= 0.3 is 5.97 Å². The minimum Gasteiger partial charge on any atom is -0.493 e.